The van der Waals surface area contributed by atoms with E-state index in [1.807, 2.05) is 38.1 Å². The number of nitrogens with one attached hydrogen (secondary N) is 1. The third kappa shape index (κ3) is 5.67. The van der Waals surface area contributed by atoms with Gasteiger partial charge in [0.05, 0.1) is 5.56 Å². The molecule has 8 heteroatoms. The highest BCUT2D eigenvalue weighted by molar-refractivity contribution is 7.93. The number of carbonyl (C=O) groups excluding carboxylic acids is 1. The van der Waals surface area contributed by atoms with Crippen LogP contribution in [0, 0.1) is 13.8 Å². The van der Waals surface area contributed by atoms with E-state index in [4.69, 9.17) is 10.5 Å². The van der Waals surface area contributed by atoms with Crippen LogP contribution in [0.25, 0.3) is 10.8 Å². The lowest BCUT2D eigenvalue weighted by molar-refractivity contribution is 0.0472. The van der Waals surface area contributed by atoms with Crippen LogP contribution >= 0.6 is 0 Å². The van der Waals surface area contributed by atoms with Gasteiger partial charge in [-0.15, -0.1) is 0 Å². The lowest BCUT2D eigenvalue weighted by Crippen LogP contribution is -2.27. The van der Waals surface area contributed by atoms with Gasteiger partial charge in [0.2, 0.25) is 10.0 Å². The first-order valence-corrected chi connectivity index (χ1v) is 12.7. The van der Waals surface area contributed by atoms with Crippen molar-refractivity contribution in [3.63, 3.8) is 0 Å². The van der Waals surface area contributed by atoms with Crippen molar-refractivity contribution in [2.75, 3.05) is 11.3 Å². The van der Waals surface area contributed by atoms with Crippen LogP contribution in [0.15, 0.2) is 79.1 Å². The van der Waals surface area contributed by atoms with Gasteiger partial charge in [-0.2, -0.15) is 0 Å². The van der Waals surface area contributed by atoms with Crippen LogP contribution in [-0.4, -0.2) is 25.9 Å². The van der Waals surface area contributed by atoms with Crippen LogP contribution in [0.3, 0.4) is 0 Å². The number of anilines is 1. The Morgan fingerprint density at radius 3 is 2.49 bits per heavy atom. The minimum absolute atomic E-state index is 0.0800. The molecule has 1 atom stereocenters. The number of fused-ring (bicyclic) bond motifs is 1. The minimum Gasteiger partial charge on any atom is -0.457 e. The standard InChI is InChI=1S/C27H27N3O4S/c1-18-3-10-25(19(2)13-18)27(31)34-17-20-4-6-21(7-5-20)26(15-28)35(32,33)30-24-9-8-23-16-29-12-11-22(23)14-24/h3-14,16,26,30H,15,17,28H2,1-2H3. The second-order valence-corrected chi connectivity index (χ2v) is 10.3. The van der Waals surface area contributed by atoms with Crippen LogP contribution in [0.5, 0.6) is 0 Å². The number of rotatable bonds is 8. The molecule has 0 saturated heterocycles. The number of benzene rings is 3. The maximum absolute atomic E-state index is 13.1. The van der Waals surface area contributed by atoms with Gasteiger partial charge in [0, 0.05) is 30.0 Å². The summed E-state index contributed by atoms with van der Waals surface area (Å²) < 4.78 is 34.3. The van der Waals surface area contributed by atoms with Crippen molar-refractivity contribution in [3.05, 3.63) is 107 Å². The number of sulfonamides is 1. The molecule has 7 nitrogen and oxygen atoms in total. The van der Waals surface area contributed by atoms with Crippen molar-refractivity contribution in [2.45, 2.75) is 25.7 Å². The van der Waals surface area contributed by atoms with E-state index in [2.05, 4.69) is 9.71 Å². The number of carbonyl (C=O) groups is 1. The van der Waals surface area contributed by atoms with E-state index in [1.165, 1.54) is 0 Å². The third-order valence-corrected chi connectivity index (χ3v) is 7.55. The van der Waals surface area contributed by atoms with E-state index in [9.17, 15) is 13.2 Å². The van der Waals surface area contributed by atoms with Gasteiger partial charge >= 0.3 is 5.97 Å². The first-order valence-electron chi connectivity index (χ1n) is 11.2. The van der Waals surface area contributed by atoms with Crippen molar-refractivity contribution < 1.29 is 17.9 Å². The van der Waals surface area contributed by atoms with E-state index in [-0.39, 0.29) is 13.2 Å². The highest BCUT2D eigenvalue weighted by atomic mass is 32.2. The third-order valence-electron chi connectivity index (χ3n) is 5.81. The lowest BCUT2D eigenvalue weighted by atomic mass is 10.1. The Bertz CT molecular complexity index is 1470. The number of nitrogens with two attached hydrogens (primary N) is 1. The van der Waals surface area contributed by atoms with Crippen molar-refractivity contribution in [3.8, 4) is 0 Å². The number of nitrogens with zero attached hydrogens (tertiary/aromatic N) is 1. The zero-order valence-electron chi connectivity index (χ0n) is 19.6. The average molecular weight is 490 g/mol. The molecule has 4 aromatic rings. The number of pyridine rings is 1. The van der Waals surface area contributed by atoms with E-state index in [0.29, 0.717) is 16.8 Å². The molecule has 3 N–H and O–H groups in total. The summed E-state index contributed by atoms with van der Waals surface area (Å²) in [5.41, 5.74) is 10.1. The Kier molecular flexibility index (Phi) is 7.14. The van der Waals surface area contributed by atoms with Crippen LogP contribution in [0.4, 0.5) is 5.69 Å². The summed E-state index contributed by atoms with van der Waals surface area (Å²) in [6.07, 6.45) is 3.38. The van der Waals surface area contributed by atoms with Crippen molar-refractivity contribution in [1.82, 2.24) is 4.98 Å². The lowest BCUT2D eigenvalue weighted by Gasteiger charge is -2.18. The minimum atomic E-state index is -3.81. The fourth-order valence-corrected chi connectivity index (χ4v) is 5.29. The predicted molar refractivity (Wildman–Crippen MR) is 138 cm³/mol. The molecule has 0 aliphatic rings. The fraction of sp³-hybridized carbons (Fsp3) is 0.185. The molecule has 4 rings (SSSR count). The van der Waals surface area contributed by atoms with Gasteiger partial charge in [0.25, 0.3) is 0 Å². The second kappa shape index (κ2) is 10.2. The van der Waals surface area contributed by atoms with Gasteiger partial charge in [-0.05, 0) is 60.2 Å². The Labute approximate surface area is 205 Å². The molecular weight excluding hydrogens is 462 g/mol. The Hall–Kier alpha value is -3.75. The maximum Gasteiger partial charge on any atom is 0.338 e. The van der Waals surface area contributed by atoms with Crippen LogP contribution in [-0.2, 0) is 21.4 Å². The summed E-state index contributed by atoms with van der Waals surface area (Å²) in [5, 5.41) is 0.853. The molecule has 0 spiro atoms. The second-order valence-electron chi connectivity index (χ2n) is 8.45. The van der Waals surface area contributed by atoms with E-state index in [0.717, 1.165) is 27.5 Å². The van der Waals surface area contributed by atoms with Gasteiger partial charge in [-0.3, -0.25) is 9.71 Å². The highest BCUT2D eigenvalue weighted by Crippen LogP contribution is 2.26. The monoisotopic (exact) mass is 489 g/mol. The molecule has 1 heterocycles. The highest BCUT2D eigenvalue weighted by Gasteiger charge is 2.26. The molecule has 0 amide bonds. The number of aryl methyl sites for hydroxylation is 2. The molecule has 180 valence electrons. The molecule has 1 unspecified atom stereocenters. The molecule has 0 aliphatic carbocycles. The fourth-order valence-electron chi connectivity index (χ4n) is 3.92. The molecule has 0 aliphatic heterocycles. The topological polar surface area (TPSA) is 111 Å². The summed E-state index contributed by atoms with van der Waals surface area (Å²) in [4.78, 5) is 16.5. The van der Waals surface area contributed by atoms with Gasteiger partial charge < -0.3 is 10.5 Å². The summed E-state index contributed by atoms with van der Waals surface area (Å²) in [5.74, 6) is -0.399. The maximum atomic E-state index is 13.1. The molecule has 0 radical (unpaired) electrons. The van der Waals surface area contributed by atoms with E-state index >= 15 is 0 Å². The molecule has 0 bridgehead atoms. The normalized spacial score (nSPS) is 12.3. The number of hydrogen-bond donors (Lipinski definition) is 2. The zero-order valence-corrected chi connectivity index (χ0v) is 20.4. The van der Waals surface area contributed by atoms with E-state index < -0.39 is 21.2 Å². The molecule has 0 saturated carbocycles. The van der Waals surface area contributed by atoms with Crippen LogP contribution in [0.2, 0.25) is 0 Å². The molecule has 35 heavy (non-hydrogen) atoms. The molecular formula is C27H27N3O4S. The molecule has 3 aromatic carbocycles. The predicted octanol–water partition coefficient (Wildman–Crippen LogP) is 4.65. The van der Waals surface area contributed by atoms with Crippen LogP contribution in [0.1, 0.15) is 37.9 Å². The zero-order chi connectivity index (χ0) is 25.0. The average Bonchev–Trinajstić information content (AvgIpc) is 2.83. The van der Waals surface area contributed by atoms with Crippen LogP contribution < -0.4 is 10.5 Å². The Balaban J connectivity index is 1.44. The largest absolute Gasteiger partial charge is 0.457 e. The van der Waals surface area contributed by atoms with Crippen molar-refractivity contribution in [1.29, 1.82) is 0 Å². The van der Waals surface area contributed by atoms with Gasteiger partial charge in [-0.1, -0.05) is 48.0 Å². The smallest absolute Gasteiger partial charge is 0.338 e. The van der Waals surface area contributed by atoms with Crippen molar-refractivity contribution >= 4 is 32.5 Å². The summed E-state index contributed by atoms with van der Waals surface area (Å²) in [7, 11) is -3.81. The first kappa shape index (κ1) is 24.4. The summed E-state index contributed by atoms with van der Waals surface area (Å²) in [6, 6.07) is 19.5. The van der Waals surface area contributed by atoms with Gasteiger partial charge in [0.15, 0.2) is 0 Å². The molecule has 0 fully saturated rings. The number of esters is 1. The SMILES string of the molecule is Cc1ccc(C(=O)OCc2ccc(C(CN)S(=O)(=O)Nc3ccc4cnccc4c3)cc2)c(C)c1. The number of hydrogen-bond acceptors (Lipinski definition) is 6. The first-order chi connectivity index (χ1) is 16.8. The van der Waals surface area contributed by atoms with E-state index in [1.54, 1.807) is 54.9 Å². The molecule has 1 aromatic heterocycles. The summed E-state index contributed by atoms with van der Waals surface area (Å²) in [6.45, 7) is 3.83. The number of aromatic nitrogens is 1. The Morgan fingerprint density at radius 1 is 1.00 bits per heavy atom. The van der Waals surface area contributed by atoms with Gasteiger partial charge in [-0.25, -0.2) is 13.2 Å². The van der Waals surface area contributed by atoms with Gasteiger partial charge in [0.1, 0.15) is 11.9 Å². The number of ether oxygens (including phenoxy) is 1. The quantitative estimate of drug-likeness (QED) is 0.349. The summed E-state index contributed by atoms with van der Waals surface area (Å²) >= 11 is 0. The Morgan fingerprint density at radius 2 is 1.77 bits per heavy atom. The van der Waals surface area contributed by atoms with Crippen molar-refractivity contribution in [2.24, 2.45) is 5.73 Å².